The van der Waals surface area contributed by atoms with E-state index in [4.69, 9.17) is 15.8 Å². The monoisotopic (exact) mass is 245 g/mol. The van der Waals surface area contributed by atoms with E-state index in [0.29, 0.717) is 6.04 Å². The number of hydrogen-bond donors (Lipinski definition) is 0. The summed E-state index contributed by atoms with van der Waals surface area (Å²) >= 11 is 6.08. The molecule has 0 bridgehead atoms. The molecule has 0 aromatic carbocycles. The highest BCUT2D eigenvalue weighted by Gasteiger charge is 2.37. The van der Waals surface area contributed by atoms with Gasteiger partial charge in [0.15, 0.2) is 0 Å². The molecule has 0 aromatic rings. The topological polar surface area (TPSA) is 12.5 Å². The van der Waals surface area contributed by atoms with Crippen LogP contribution in [0.3, 0.4) is 0 Å². The maximum absolute atomic E-state index is 6.08. The summed E-state index contributed by atoms with van der Waals surface area (Å²) in [6, 6.07) is 0.314. The molecule has 1 aliphatic heterocycles. The number of allylic oxidation sites excluding steroid dienone is 3. The number of likely N-dealkylation sites (N-methyl/N-ethyl adjacent to an activating group) is 1. The summed E-state index contributed by atoms with van der Waals surface area (Å²) in [6.45, 7) is 7.79. The average molecular weight is 246 g/mol. The van der Waals surface area contributed by atoms with Gasteiger partial charge < -0.3 is 4.52 Å². The minimum atomic E-state index is -0.953. The Bertz CT molecular complexity index is 290. The van der Waals surface area contributed by atoms with E-state index >= 15 is 0 Å². The minimum Gasteiger partial charge on any atom is -0.322 e. The van der Waals surface area contributed by atoms with Crippen molar-refractivity contribution in [3.05, 3.63) is 36.5 Å². The lowest BCUT2D eigenvalue weighted by Crippen LogP contribution is -2.28. The Balaban J connectivity index is 2.79. The van der Waals surface area contributed by atoms with Crippen LogP contribution in [0.1, 0.15) is 13.8 Å². The first-order valence-corrected chi connectivity index (χ1v) is 7.04. The Labute approximate surface area is 97.9 Å². The Kier molecular flexibility index (Phi) is 5.01. The van der Waals surface area contributed by atoms with Crippen molar-refractivity contribution >= 4 is 18.9 Å². The predicted molar refractivity (Wildman–Crippen MR) is 68.0 cm³/mol. The first-order valence-electron chi connectivity index (χ1n) is 4.92. The molecule has 0 radical (unpaired) electrons. The summed E-state index contributed by atoms with van der Waals surface area (Å²) in [5, 5.41) is 0. The van der Waals surface area contributed by atoms with E-state index in [1.165, 1.54) is 0 Å². The number of hydrogen-bond acceptors (Lipinski definition) is 2. The van der Waals surface area contributed by atoms with Crippen molar-refractivity contribution in [2.24, 2.45) is 0 Å². The van der Waals surface area contributed by atoms with Crippen LogP contribution in [0, 0.1) is 0 Å². The molecule has 0 aliphatic carbocycles. The van der Waals surface area contributed by atoms with Gasteiger partial charge in [0.25, 0.3) is 0 Å². The van der Waals surface area contributed by atoms with Crippen LogP contribution >= 0.6 is 18.9 Å². The van der Waals surface area contributed by atoms with E-state index < -0.39 is 7.65 Å². The van der Waals surface area contributed by atoms with Crippen molar-refractivity contribution in [1.82, 2.24) is 4.67 Å². The van der Waals surface area contributed by atoms with Crippen molar-refractivity contribution in [2.45, 2.75) is 26.0 Å². The zero-order valence-electron chi connectivity index (χ0n) is 9.35. The van der Waals surface area contributed by atoms with E-state index in [-0.39, 0.29) is 6.10 Å². The standard InChI is InChI=1S/C11H17ClNOP/c1-5-7-8-10(6-2)11-9(3)13(4)15(12)14-11/h5-9,11H,1H2,2-4H3/b8-7-,10-6+. The molecule has 4 heteroatoms. The molecule has 0 aromatic heterocycles. The summed E-state index contributed by atoms with van der Waals surface area (Å²) in [5.74, 6) is 0. The quantitative estimate of drug-likeness (QED) is 0.553. The molecule has 0 amide bonds. The van der Waals surface area contributed by atoms with Gasteiger partial charge in [-0.05, 0) is 37.7 Å². The molecule has 0 N–H and O–H groups in total. The molecule has 1 heterocycles. The van der Waals surface area contributed by atoms with Crippen molar-refractivity contribution < 1.29 is 4.52 Å². The lowest BCUT2D eigenvalue weighted by atomic mass is 10.0. The van der Waals surface area contributed by atoms with Crippen LogP contribution in [0.2, 0.25) is 0 Å². The first-order chi connectivity index (χ1) is 7.11. The second-order valence-corrected chi connectivity index (χ2v) is 5.61. The second-order valence-electron chi connectivity index (χ2n) is 3.45. The van der Waals surface area contributed by atoms with E-state index in [0.717, 1.165) is 5.57 Å². The van der Waals surface area contributed by atoms with Crippen molar-refractivity contribution in [1.29, 1.82) is 0 Å². The summed E-state index contributed by atoms with van der Waals surface area (Å²) in [7, 11) is 1.04. The number of halogens is 1. The van der Waals surface area contributed by atoms with Gasteiger partial charge in [-0.1, -0.05) is 30.9 Å². The molecule has 1 aliphatic rings. The van der Waals surface area contributed by atoms with Crippen LogP contribution in [-0.4, -0.2) is 23.9 Å². The third-order valence-electron chi connectivity index (χ3n) is 2.56. The largest absolute Gasteiger partial charge is 0.322 e. The Morgan fingerprint density at radius 1 is 1.60 bits per heavy atom. The molecule has 0 saturated carbocycles. The highest BCUT2D eigenvalue weighted by molar-refractivity contribution is 7.78. The lowest BCUT2D eigenvalue weighted by Gasteiger charge is -2.18. The predicted octanol–water partition coefficient (Wildman–Crippen LogP) is 3.86. The molecule has 2 nitrogen and oxygen atoms in total. The van der Waals surface area contributed by atoms with Crippen molar-refractivity contribution in [2.75, 3.05) is 7.05 Å². The van der Waals surface area contributed by atoms with Crippen LogP contribution in [0.15, 0.2) is 36.5 Å². The molecule has 0 spiro atoms. The fourth-order valence-corrected chi connectivity index (χ4v) is 3.18. The molecule has 3 atom stereocenters. The lowest BCUT2D eigenvalue weighted by molar-refractivity contribution is 0.256. The average Bonchev–Trinajstić information content (AvgIpc) is 2.48. The van der Waals surface area contributed by atoms with Crippen LogP contribution in [0.25, 0.3) is 0 Å². The van der Waals surface area contributed by atoms with Crippen LogP contribution in [0.4, 0.5) is 0 Å². The Morgan fingerprint density at radius 2 is 2.27 bits per heavy atom. The third-order valence-corrected chi connectivity index (χ3v) is 4.78. The van der Waals surface area contributed by atoms with Gasteiger partial charge >= 0.3 is 0 Å². The van der Waals surface area contributed by atoms with E-state index in [1.54, 1.807) is 6.08 Å². The minimum absolute atomic E-state index is 0.0693. The Hall–Kier alpha value is -0.140. The van der Waals surface area contributed by atoms with Crippen LogP contribution in [0.5, 0.6) is 0 Å². The normalized spacial score (nSPS) is 33.9. The summed E-state index contributed by atoms with van der Waals surface area (Å²) in [6.07, 6.45) is 7.82. The summed E-state index contributed by atoms with van der Waals surface area (Å²) in [5.41, 5.74) is 1.15. The van der Waals surface area contributed by atoms with E-state index in [9.17, 15) is 0 Å². The van der Waals surface area contributed by atoms with E-state index in [2.05, 4.69) is 24.2 Å². The molecular formula is C11H17ClNOP. The van der Waals surface area contributed by atoms with Crippen molar-refractivity contribution in [3.8, 4) is 0 Å². The first kappa shape index (κ1) is 12.9. The Morgan fingerprint density at radius 3 is 2.67 bits per heavy atom. The number of rotatable bonds is 3. The van der Waals surface area contributed by atoms with Crippen LogP contribution in [-0.2, 0) is 4.52 Å². The maximum Gasteiger partial charge on any atom is 0.207 e. The molecule has 1 fully saturated rings. The van der Waals surface area contributed by atoms with Crippen LogP contribution < -0.4 is 0 Å². The van der Waals surface area contributed by atoms with Gasteiger partial charge in [0.2, 0.25) is 7.65 Å². The third kappa shape index (κ3) is 2.92. The van der Waals surface area contributed by atoms with Gasteiger partial charge in [0.05, 0.1) is 0 Å². The van der Waals surface area contributed by atoms with Gasteiger partial charge in [-0.3, -0.25) is 0 Å². The zero-order valence-corrected chi connectivity index (χ0v) is 11.0. The number of nitrogens with zero attached hydrogens (tertiary/aromatic N) is 1. The molecule has 1 rings (SSSR count). The summed E-state index contributed by atoms with van der Waals surface area (Å²) < 4.78 is 7.81. The van der Waals surface area contributed by atoms with Gasteiger partial charge in [0.1, 0.15) is 6.10 Å². The van der Waals surface area contributed by atoms with Crippen molar-refractivity contribution in [3.63, 3.8) is 0 Å². The van der Waals surface area contributed by atoms with Gasteiger partial charge in [-0.2, -0.15) is 0 Å². The fourth-order valence-electron chi connectivity index (χ4n) is 1.47. The maximum atomic E-state index is 6.08. The second kappa shape index (κ2) is 5.81. The molecule has 84 valence electrons. The van der Waals surface area contributed by atoms with E-state index in [1.807, 2.05) is 26.1 Å². The molecule has 3 unspecified atom stereocenters. The van der Waals surface area contributed by atoms with Gasteiger partial charge in [0, 0.05) is 6.04 Å². The zero-order chi connectivity index (χ0) is 11.4. The summed E-state index contributed by atoms with van der Waals surface area (Å²) in [4.78, 5) is 0. The molecular weight excluding hydrogens is 229 g/mol. The smallest absolute Gasteiger partial charge is 0.207 e. The van der Waals surface area contributed by atoms with Gasteiger partial charge in [-0.25, -0.2) is 4.67 Å². The highest BCUT2D eigenvalue weighted by Crippen LogP contribution is 2.55. The van der Waals surface area contributed by atoms with Gasteiger partial charge in [-0.15, -0.1) is 0 Å². The fraction of sp³-hybridized carbons (Fsp3) is 0.455. The molecule has 1 saturated heterocycles. The SMILES string of the molecule is C=C/C=C\C(=C/C)C1OP(Cl)N(C)C1C. The molecule has 15 heavy (non-hydrogen) atoms. The highest BCUT2D eigenvalue weighted by atomic mass is 35.7.